The second-order valence-electron chi connectivity index (χ2n) is 9.71. The Labute approximate surface area is 237 Å². The van der Waals surface area contributed by atoms with Gasteiger partial charge in [0, 0.05) is 43.5 Å². The van der Waals surface area contributed by atoms with Gasteiger partial charge in [-0.25, -0.2) is 5.09 Å². The minimum absolute atomic E-state index is 0.0535. The molecule has 4 atom stereocenters. The highest BCUT2D eigenvalue weighted by Gasteiger charge is 2.26. The predicted molar refractivity (Wildman–Crippen MR) is 150 cm³/mol. The quantitative estimate of drug-likeness (QED) is 0.0456. The number of esters is 1. The number of imide groups is 1. The average Bonchev–Trinajstić information content (AvgIpc) is 2.82. The van der Waals surface area contributed by atoms with Crippen LogP contribution < -0.4 is 10.4 Å². The van der Waals surface area contributed by atoms with E-state index in [2.05, 4.69) is 10.4 Å². The summed E-state index contributed by atoms with van der Waals surface area (Å²) in [6, 6.07) is -0.689. The molecule has 38 heavy (non-hydrogen) atoms. The molecule has 0 aliphatic carbocycles. The van der Waals surface area contributed by atoms with E-state index in [9.17, 15) is 19.2 Å². The molecule has 0 aromatic heterocycles. The van der Waals surface area contributed by atoms with Gasteiger partial charge in [0.05, 0.1) is 25.4 Å². The van der Waals surface area contributed by atoms with Crippen molar-refractivity contribution in [3.8, 4) is 0 Å². The summed E-state index contributed by atoms with van der Waals surface area (Å²) in [5, 5.41) is 5.14. The van der Waals surface area contributed by atoms with Crippen LogP contribution in [0.25, 0.3) is 0 Å². The lowest BCUT2D eigenvalue weighted by molar-refractivity contribution is -0.149. The van der Waals surface area contributed by atoms with Crippen molar-refractivity contribution in [2.24, 2.45) is 5.41 Å². The Hall–Kier alpha value is -1.27. The van der Waals surface area contributed by atoms with Crippen molar-refractivity contribution in [2.75, 3.05) is 33.1 Å². The van der Waals surface area contributed by atoms with Gasteiger partial charge in [-0.15, -0.1) is 0 Å². The van der Waals surface area contributed by atoms with Crippen LogP contribution >= 0.6 is 31.9 Å². The molecule has 4 unspecified atom stereocenters. The number of hydrogen-bond donors (Lipinski definition) is 2. The lowest BCUT2D eigenvalue weighted by Crippen LogP contribution is -2.35. The number of carbonyl (C=O) groups is 4. The lowest BCUT2D eigenvalue weighted by Gasteiger charge is -2.27. The summed E-state index contributed by atoms with van der Waals surface area (Å²) in [6.07, 6.45) is 1.47. The molecular formula is C24H43ClN3O8PS. The van der Waals surface area contributed by atoms with Gasteiger partial charge in [-0.3, -0.25) is 24.5 Å². The summed E-state index contributed by atoms with van der Waals surface area (Å²) in [5.74, 6) is -0.539. The number of alkyl halides is 1. The highest BCUT2D eigenvalue weighted by Crippen LogP contribution is 2.36. The molecule has 14 heteroatoms. The van der Waals surface area contributed by atoms with E-state index in [4.69, 9.17) is 30.1 Å². The van der Waals surface area contributed by atoms with Gasteiger partial charge in [0.15, 0.2) is 5.12 Å². The number of halogens is 1. The number of ether oxygens (including phenoxy) is 2. The molecule has 0 heterocycles. The number of amides is 2. The van der Waals surface area contributed by atoms with Crippen LogP contribution in [0, 0.1) is 5.41 Å². The SMILES string of the molecule is COC(COP(NC(C)C(=O)OC(C)C)OCCSC(=O)C(C)(C)C)CC(Cl)N(C)/C=C(/C)C(=O)NC=O. The maximum absolute atomic E-state index is 12.3. The summed E-state index contributed by atoms with van der Waals surface area (Å²) >= 11 is 7.68. The van der Waals surface area contributed by atoms with Gasteiger partial charge in [-0.2, -0.15) is 0 Å². The molecular weight excluding hydrogens is 557 g/mol. The van der Waals surface area contributed by atoms with Gasteiger partial charge in [0.1, 0.15) is 11.5 Å². The minimum atomic E-state index is -1.73. The molecule has 0 saturated heterocycles. The third-order valence-corrected chi connectivity index (χ3v) is 7.83. The summed E-state index contributed by atoms with van der Waals surface area (Å²) in [5.41, 5.74) is -0.702. The van der Waals surface area contributed by atoms with Crippen LogP contribution in [0.2, 0.25) is 0 Å². The van der Waals surface area contributed by atoms with Crippen LogP contribution in [0.3, 0.4) is 0 Å². The molecule has 0 radical (unpaired) electrons. The zero-order valence-electron chi connectivity index (χ0n) is 23.7. The third-order valence-electron chi connectivity index (χ3n) is 4.70. The van der Waals surface area contributed by atoms with Gasteiger partial charge in [-0.1, -0.05) is 44.1 Å². The molecule has 0 aliphatic rings. The summed E-state index contributed by atoms with van der Waals surface area (Å²) in [4.78, 5) is 48.3. The van der Waals surface area contributed by atoms with Crippen molar-refractivity contribution in [3.63, 3.8) is 0 Å². The van der Waals surface area contributed by atoms with E-state index < -0.39 is 43.5 Å². The number of nitrogens with zero attached hydrogens (tertiary/aromatic N) is 1. The standard InChI is InChI=1S/C24H43ClN3O8PS/c1-16(2)36-22(31)18(4)27-37(34-10-11-38-23(32)24(5,6)7)35-14-19(33-9)12-20(25)28(8)13-17(3)21(30)26-15-29/h13,15-16,18-20,27H,10-12,14H2,1-9H3,(H,26,29,30)/b17-13-. The zero-order valence-corrected chi connectivity index (χ0v) is 26.2. The van der Waals surface area contributed by atoms with Crippen LogP contribution in [0.1, 0.15) is 54.9 Å². The fourth-order valence-electron chi connectivity index (χ4n) is 2.51. The van der Waals surface area contributed by atoms with E-state index in [0.717, 1.165) is 0 Å². The van der Waals surface area contributed by atoms with E-state index in [1.807, 2.05) is 20.8 Å². The molecule has 11 nitrogen and oxygen atoms in total. The first-order valence-electron chi connectivity index (χ1n) is 12.1. The molecule has 2 N–H and O–H groups in total. The molecule has 0 bridgehead atoms. The first-order valence-corrected chi connectivity index (χ1v) is 14.7. The maximum Gasteiger partial charge on any atom is 0.323 e. The van der Waals surface area contributed by atoms with E-state index in [-0.39, 0.29) is 24.4 Å². The number of rotatable bonds is 18. The lowest BCUT2D eigenvalue weighted by atomic mass is 10.00. The van der Waals surface area contributed by atoms with Crippen molar-refractivity contribution >= 4 is 55.3 Å². The van der Waals surface area contributed by atoms with Crippen LogP contribution in [0.15, 0.2) is 11.8 Å². The third kappa shape index (κ3) is 16.0. The minimum Gasteiger partial charge on any atom is -0.462 e. The van der Waals surface area contributed by atoms with Gasteiger partial charge in [0.2, 0.25) is 6.41 Å². The van der Waals surface area contributed by atoms with Crippen molar-refractivity contribution in [3.05, 3.63) is 11.8 Å². The van der Waals surface area contributed by atoms with Gasteiger partial charge >= 0.3 is 5.97 Å². The van der Waals surface area contributed by atoms with Crippen molar-refractivity contribution < 1.29 is 37.7 Å². The second-order valence-corrected chi connectivity index (χ2v) is 12.6. The summed E-state index contributed by atoms with van der Waals surface area (Å²) in [6.45, 7) is 12.6. The fourth-order valence-corrected chi connectivity index (χ4v) is 4.87. The molecule has 2 amide bonds. The Morgan fingerprint density at radius 1 is 1.16 bits per heavy atom. The van der Waals surface area contributed by atoms with Crippen LogP contribution in [0.4, 0.5) is 0 Å². The van der Waals surface area contributed by atoms with Crippen LogP contribution in [-0.4, -0.2) is 85.2 Å². The van der Waals surface area contributed by atoms with E-state index in [1.54, 1.807) is 39.6 Å². The average molecular weight is 600 g/mol. The van der Waals surface area contributed by atoms with E-state index in [1.165, 1.54) is 25.1 Å². The topological polar surface area (TPSA) is 132 Å². The Balaban J connectivity index is 5.13. The number of thioether (sulfide) groups is 1. The van der Waals surface area contributed by atoms with Crippen molar-refractivity contribution in [1.82, 2.24) is 15.3 Å². The fraction of sp³-hybridized carbons (Fsp3) is 0.750. The van der Waals surface area contributed by atoms with Crippen LogP contribution in [0.5, 0.6) is 0 Å². The Morgan fingerprint density at radius 2 is 1.79 bits per heavy atom. The molecule has 0 fully saturated rings. The molecule has 220 valence electrons. The van der Waals surface area contributed by atoms with Crippen molar-refractivity contribution in [2.45, 2.75) is 78.6 Å². The summed E-state index contributed by atoms with van der Waals surface area (Å²) in [7, 11) is 1.48. The van der Waals surface area contributed by atoms with Crippen molar-refractivity contribution in [1.29, 1.82) is 0 Å². The predicted octanol–water partition coefficient (Wildman–Crippen LogP) is 3.56. The number of methoxy groups -OCH3 is 1. The number of carbonyl (C=O) groups excluding carboxylic acids is 4. The summed E-state index contributed by atoms with van der Waals surface area (Å²) < 4.78 is 22.5. The number of hydrogen-bond acceptors (Lipinski definition) is 11. The van der Waals surface area contributed by atoms with E-state index in [0.29, 0.717) is 24.2 Å². The van der Waals surface area contributed by atoms with Gasteiger partial charge in [0.25, 0.3) is 14.4 Å². The molecule has 0 spiro atoms. The van der Waals surface area contributed by atoms with Gasteiger partial charge in [-0.05, 0) is 27.7 Å². The van der Waals surface area contributed by atoms with E-state index >= 15 is 0 Å². The molecule has 0 saturated carbocycles. The smallest absolute Gasteiger partial charge is 0.323 e. The van der Waals surface area contributed by atoms with Gasteiger partial charge < -0.3 is 23.4 Å². The first kappa shape index (κ1) is 36.7. The molecule has 0 aromatic carbocycles. The maximum atomic E-state index is 12.3. The Bertz CT molecular complexity index is 797. The zero-order chi connectivity index (χ0) is 29.5. The Morgan fingerprint density at radius 3 is 2.32 bits per heavy atom. The largest absolute Gasteiger partial charge is 0.462 e. The number of nitrogens with one attached hydrogen (secondary N) is 2. The molecule has 0 aliphatic heterocycles. The normalized spacial score (nSPS) is 15.4. The highest BCUT2D eigenvalue weighted by atomic mass is 35.5. The Kier molecular flexibility index (Phi) is 18.3. The molecule has 0 aromatic rings. The second kappa shape index (κ2) is 18.9. The van der Waals surface area contributed by atoms with Crippen LogP contribution in [-0.2, 0) is 37.7 Å². The first-order chi connectivity index (χ1) is 17.6. The molecule has 0 rings (SSSR count). The highest BCUT2D eigenvalue weighted by molar-refractivity contribution is 8.13. The monoisotopic (exact) mass is 599 g/mol.